The quantitative estimate of drug-likeness (QED) is 0.757. The predicted octanol–water partition coefficient (Wildman–Crippen LogP) is 5.13. The average molecular weight is 279 g/mol. The summed E-state index contributed by atoms with van der Waals surface area (Å²) in [6, 6.07) is 11.0. The van der Waals surface area contributed by atoms with Crippen LogP contribution in [0.15, 0.2) is 66.5 Å². The number of hydrogen-bond acceptors (Lipinski definition) is 1. The molecule has 1 saturated carbocycles. The highest BCUT2D eigenvalue weighted by molar-refractivity contribution is 5.29. The maximum atomic E-state index is 3.56. The van der Waals surface area contributed by atoms with Gasteiger partial charge < -0.3 is 5.32 Å². The molecule has 1 aromatic rings. The van der Waals surface area contributed by atoms with E-state index in [0.29, 0.717) is 0 Å². The minimum Gasteiger partial charge on any atom is -0.365 e. The van der Waals surface area contributed by atoms with Crippen molar-refractivity contribution in [2.75, 3.05) is 0 Å². The van der Waals surface area contributed by atoms with E-state index >= 15 is 0 Å². The first-order valence-corrected chi connectivity index (χ1v) is 8.24. The molecule has 1 heterocycles. The van der Waals surface area contributed by atoms with E-state index in [1.807, 2.05) is 0 Å². The molecule has 110 valence electrons. The van der Waals surface area contributed by atoms with E-state index in [1.54, 1.807) is 0 Å². The lowest BCUT2D eigenvalue weighted by atomic mass is 9.72. The molecule has 3 rings (SSSR count). The van der Waals surface area contributed by atoms with Crippen molar-refractivity contribution in [1.29, 1.82) is 0 Å². The Morgan fingerprint density at radius 3 is 2.38 bits per heavy atom. The van der Waals surface area contributed by atoms with Crippen molar-refractivity contribution in [1.82, 2.24) is 5.32 Å². The Bertz CT molecular complexity index is 528. The lowest BCUT2D eigenvalue weighted by molar-refractivity contribution is 0.290. The third-order valence-corrected chi connectivity index (χ3v) is 4.84. The van der Waals surface area contributed by atoms with Crippen LogP contribution in [0.3, 0.4) is 0 Å². The van der Waals surface area contributed by atoms with E-state index in [1.165, 1.54) is 49.8 Å². The summed E-state index contributed by atoms with van der Waals surface area (Å²) in [4.78, 5) is 0. The highest BCUT2D eigenvalue weighted by Crippen LogP contribution is 2.43. The Hall–Kier alpha value is -1.76. The van der Waals surface area contributed by atoms with Crippen molar-refractivity contribution < 1.29 is 0 Å². The fourth-order valence-electron chi connectivity index (χ4n) is 3.72. The molecular weight excluding hydrogens is 254 g/mol. The van der Waals surface area contributed by atoms with Gasteiger partial charge in [0.2, 0.25) is 0 Å². The van der Waals surface area contributed by atoms with Crippen LogP contribution in [0.4, 0.5) is 0 Å². The number of benzene rings is 1. The standard InChI is InChI=1S/C20H25N/c1-2-9-15-20(14-8-1,17-18-11-5-3-6-12-18)19-13-7-4-10-16-21-19/h3-7,10-13,16,21H,1-2,8-9,14-15,17H2. The predicted molar refractivity (Wildman–Crippen MR) is 89.8 cm³/mol. The minimum atomic E-state index is 0.275. The van der Waals surface area contributed by atoms with Gasteiger partial charge in [-0.25, -0.2) is 0 Å². The second kappa shape index (κ2) is 6.80. The molecule has 0 radical (unpaired) electrons. The monoisotopic (exact) mass is 279 g/mol. The maximum absolute atomic E-state index is 3.56. The first-order valence-electron chi connectivity index (χ1n) is 8.24. The molecule has 0 saturated heterocycles. The van der Waals surface area contributed by atoms with E-state index in [9.17, 15) is 0 Å². The van der Waals surface area contributed by atoms with E-state index in [0.717, 1.165) is 6.42 Å². The topological polar surface area (TPSA) is 12.0 Å². The molecule has 0 unspecified atom stereocenters. The number of nitrogens with one attached hydrogen (secondary N) is 1. The van der Waals surface area contributed by atoms with Crippen molar-refractivity contribution in [2.45, 2.75) is 44.9 Å². The first-order chi connectivity index (χ1) is 10.4. The van der Waals surface area contributed by atoms with Crippen LogP contribution in [0, 0.1) is 5.41 Å². The van der Waals surface area contributed by atoms with Gasteiger partial charge in [-0.15, -0.1) is 0 Å². The molecule has 1 aliphatic heterocycles. The van der Waals surface area contributed by atoms with Gasteiger partial charge in [0.15, 0.2) is 0 Å². The Kier molecular flexibility index (Phi) is 4.59. The zero-order chi connectivity index (χ0) is 14.4. The number of allylic oxidation sites excluding steroid dienone is 5. The normalized spacial score (nSPS) is 21.0. The largest absolute Gasteiger partial charge is 0.365 e. The summed E-state index contributed by atoms with van der Waals surface area (Å²) in [5.41, 5.74) is 3.13. The Labute approximate surface area is 128 Å². The molecule has 1 aliphatic carbocycles. The van der Waals surface area contributed by atoms with Crippen molar-refractivity contribution in [3.63, 3.8) is 0 Å². The molecule has 1 aromatic carbocycles. The summed E-state index contributed by atoms with van der Waals surface area (Å²) in [6.07, 6.45) is 19.9. The van der Waals surface area contributed by atoms with Crippen LogP contribution in [0.2, 0.25) is 0 Å². The molecule has 0 bridgehead atoms. The molecule has 1 N–H and O–H groups in total. The smallest absolute Gasteiger partial charge is 0.0212 e. The van der Waals surface area contributed by atoms with Crippen LogP contribution >= 0.6 is 0 Å². The molecule has 1 fully saturated rings. The van der Waals surface area contributed by atoms with Crippen LogP contribution < -0.4 is 5.32 Å². The summed E-state index contributed by atoms with van der Waals surface area (Å²) in [5.74, 6) is 0. The van der Waals surface area contributed by atoms with Crippen LogP contribution in [0.5, 0.6) is 0 Å². The number of hydrogen-bond donors (Lipinski definition) is 1. The average Bonchev–Trinajstić information content (AvgIpc) is 2.92. The minimum absolute atomic E-state index is 0.275. The highest BCUT2D eigenvalue weighted by atomic mass is 14.9. The van der Waals surface area contributed by atoms with Gasteiger partial charge in [-0.1, -0.05) is 68.2 Å². The van der Waals surface area contributed by atoms with Crippen LogP contribution in [0.25, 0.3) is 0 Å². The summed E-state index contributed by atoms with van der Waals surface area (Å²) in [6.45, 7) is 0. The van der Waals surface area contributed by atoms with Gasteiger partial charge in [0.1, 0.15) is 0 Å². The lowest BCUT2D eigenvalue weighted by Crippen LogP contribution is -2.31. The molecule has 21 heavy (non-hydrogen) atoms. The molecule has 1 nitrogen and oxygen atoms in total. The second-order valence-electron chi connectivity index (χ2n) is 6.33. The van der Waals surface area contributed by atoms with Gasteiger partial charge >= 0.3 is 0 Å². The molecule has 0 atom stereocenters. The summed E-state index contributed by atoms with van der Waals surface area (Å²) in [5, 5.41) is 3.56. The van der Waals surface area contributed by atoms with Gasteiger partial charge in [-0.2, -0.15) is 0 Å². The molecule has 0 amide bonds. The second-order valence-corrected chi connectivity index (χ2v) is 6.33. The van der Waals surface area contributed by atoms with E-state index in [-0.39, 0.29) is 5.41 Å². The van der Waals surface area contributed by atoms with Gasteiger partial charge in [0.05, 0.1) is 0 Å². The first kappa shape index (κ1) is 14.2. The van der Waals surface area contributed by atoms with Gasteiger partial charge in [-0.05, 0) is 37.0 Å². The fourth-order valence-corrected chi connectivity index (χ4v) is 3.72. The van der Waals surface area contributed by atoms with Crippen molar-refractivity contribution in [3.05, 3.63) is 72.1 Å². The zero-order valence-corrected chi connectivity index (χ0v) is 12.7. The third kappa shape index (κ3) is 3.47. The summed E-state index contributed by atoms with van der Waals surface area (Å²) in [7, 11) is 0. The fraction of sp³-hybridized carbons (Fsp3) is 0.400. The van der Waals surface area contributed by atoms with Crippen molar-refractivity contribution >= 4 is 0 Å². The molecule has 1 heteroatoms. The van der Waals surface area contributed by atoms with E-state index < -0.39 is 0 Å². The molecule has 0 spiro atoms. The molecular formula is C20H25N. The van der Waals surface area contributed by atoms with Gasteiger partial charge in [0.25, 0.3) is 0 Å². The van der Waals surface area contributed by atoms with E-state index in [2.05, 4.69) is 66.2 Å². The molecule has 0 aromatic heterocycles. The van der Waals surface area contributed by atoms with Gasteiger partial charge in [-0.3, -0.25) is 0 Å². The van der Waals surface area contributed by atoms with Crippen molar-refractivity contribution in [2.24, 2.45) is 5.41 Å². The Balaban J connectivity index is 1.92. The van der Waals surface area contributed by atoms with Crippen LogP contribution in [0.1, 0.15) is 44.1 Å². The highest BCUT2D eigenvalue weighted by Gasteiger charge is 2.34. The van der Waals surface area contributed by atoms with Crippen molar-refractivity contribution in [3.8, 4) is 0 Å². The van der Waals surface area contributed by atoms with Gasteiger partial charge in [0, 0.05) is 17.3 Å². The SMILES string of the molecule is C1=CC=C(C2(Cc3ccccc3)CCCCCC2)NC=C1. The third-order valence-electron chi connectivity index (χ3n) is 4.84. The van der Waals surface area contributed by atoms with Crippen LogP contribution in [-0.4, -0.2) is 0 Å². The zero-order valence-electron chi connectivity index (χ0n) is 12.7. The summed E-state index contributed by atoms with van der Waals surface area (Å²) >= 11 is 0. The maximum Gasteiger partial charge on any atom is 0.0212 e. The number of rotatable bonds is 3. The van der Waals surface area contributed by atoms with Crippen LogP contribution in [-0.2, 0) is 6.42 Å². The summed E-state index contributed by atoms with van der Waals surface area (Å²) < 4.78 is 0. The van der Waals surface area contributed by atoms with E-state index in [4.69, 9.17) is 0 Å². The lowest BCUT2D eigenvalue weighted by Gasteiger charge is -2.35. The Morgan fingerprint density at radius 2 is 1.62 bits per heavy atom. The Morgan fingerprint density at radius 1 is 0.857 bits per heavy atom. The molecule has 2 aliphatic rings.